The van der Waals surface area contributed by atoms with E-state index < -0.39 is 0 Å². The summed E-state index contributed by atoms with van der Waals surface area (Å²) in [7, 11) is 52.0. The van der Waals surface area contributed by atoms with E-state index in [1.54, 1.807) is 0 Å². The van der Waals surface area contributed by atoms with Crippen LogP contribution in [0.25, 0.3) is 0 Å². The van der Waals surface area contributed by atoms with Crippen LogP contribution in [0.2, 0.25) is 0 Å². The molecule has 0 bridgehead atoms. The number of nitrogens with zero attached hydrogens (tertiary/aromatic N) is 13. The maximum atomic E-state index is 2.28. The van der Waals surface area contributed by atoms with Crippen LogP contribution >= 0.6 is 0 Å². The minimum Gasteiger partial charge on any atom is -0.312 e. The number of rotatable bonds is 16. The largest absolute Gasteiger partial charge is 0.312 e. The molecule has 0 spiro atoms. The molecule has 0 aliphatic heterocycles. The van der Waals surface area contributed by atoms with Gasteiger partial charge in [0.05, 0.1) is 20.0 Å². The van der Waals surface area contributed by atoms with Gasteiger partial charge in [-0.3, -0.25) is 44.1 Å². The van der Waals surface area contributed by atoms with Gasteiger partial charge in [-0.05, 0) is 176 Å². The Balaban J connectivity index is -0.000000159. The van der Waals surface area contributed by atoms with Gasteiger partial charge >= 0.3 is 0 Å². The first kappa shape index (κ1) is 54.9. The molecule has 0 radical (unpaired) electrons. The minimum absolute atomic E-state index is 0.389. The van der Waals surface area contributed by atoms with Gasteiger partial charge in [-0.25, -0.2) is 0 Å². The van der Waals surface area contributed by atoms with E-state index in [9.17, 15) is 0 Å². The Bertz CT molecular complexity index is 544. The summed E-state index contributed by atoms with van der Waals surface area (Å²) in [6.45, 7) is 6.25. The quantitative estimate of drug-likeness (QED) is 0.209. The molecule has 0 amide bonds. The van der Waals surface area contributed by atoms with Crippen LogP contribution in [0, 0.1) is 0 Å². The summed E-state index contributed by atoms with van der Waals surface area (Å²) in [6, 6.07) is 0.620. The molecule has 0 saturated carbocycles. The first-order valence-corrected chi connectivity index (χ1v) is 16.2. The molecule has 0 saturated heterocycles. The maximum absolute atomic E-state index is 2.28. The van der Waals surface area contributed by atoms with E-state index in [1.165, 1.54) is 0 Å². The SMILES string of the molecule is CN(C)C.CN(C)C(N(C)C)N(C)C.CN(C)CC(CN(C)C)N(C)C.CN(C)CN(C)C.CN(C)CN(C)CN(C)CN(C)C. The van der Waals surface area contributed by atoms with Crippen molar-refractivity contribution in [2.75, 3.05) is 216 Å². The van der Waals surface area contributed by atoms with E-state index in [2.05, 4.69) is 214 Å². The zero-order valence-corrected chi connectivity index (χ0v) is 36.2. The first-order chi connectivity index (χ1) is 20.7. The lowest BCUT2D eigenvalue weighted by Crippen LogP contribution is -2.50. The second-order valence-electron chi connectivity index (χ2n) is 15.3. The Morgan fingerprint density at radius 3 is 0.630 bits per heavy atom. The standard InChI is InChI=1S/C9H24N4.C9H23N3.C7H19N3.C5H14N2.C3H9N/c1-10(2)7-12(5)9-13(6)8-11(3)4;1-10(2)7-9(12(5)6)8-11(3)4;1-8(2)7(9(3)4)10(5)6;1-6(2)5-7(3)4;1-4(2)3/h7-9H2,1-6H3;9H,7-8H2,1-6H3;7H,1-6H3;5H2,1-4H3;1-3H3. The molecule has 286 valence electrons. The lowest BCUT2D eigenvalue weighted by Gasteiger charge is -2.35. The molecule has 0 aromatic rings. The summed E-state index contributed by atoms with van der Waals surface area (Å²) in [4.78, 5) is 28.4. The molecule has 0 fully saturated rings. The van der Waals surface area contributed by atoms with E-state index in [4.69, 9.17) is 0 Å². The molecule has 0 aliphatic carbocycles. The second kappa shape index (κ2) is 33.0. The zero-order valence-electron chi connectivity index (χ0n) is 36.2. The van der Waals surface area contributed by atoms with Gasteiger partial charge in [0.1, 0.15) is 6.29 Å². The van der Waals surface area contributed by atoms with Gasteiger partial charge in [0.25, 0.3) is 0 Å². The molecule has 0 atom stereocenters. The van der Waals surface area contributed by atoms with Crippen molar-refractivity contribution in [3.8, 4) is 0 Å². The molecule has 0 N–H and O–H groups in total. The fraction of sp³-hybridized carbons (Fsp3) is 1.00. The molecule has 0 aromatic carbocycles. The van der Waals surface area contributed by atoms with E-state index in [-0.39, 0.29) is 0 Å². The lowest BCUT2D eigenvalue weighted by atomic mass is 10.2. The minimum atomic E-state index is 0.389. The molecule has 0 rings (SSSR count). The van der Waals surface area contributed by atoms with Crippen molar-refractivity contribution in [1.29, 1.82) is 0 Å². The molecule has 46 heavy (non-hydrogen) atoms. The monoisotopic (exact) mass is 668 g/mol. The summed E-state index contributed by atoms with van der Waals surface area (Å²) in [5.41, 5.74) is 0. The van der Waals surface area contributed by atoms with Gasteiger partial charge in [-0.2, -0.15) is 0 Å². The first-order valence-electron chi connectivity index (χ1n) is 16.2. The topological polar surface area (TPSA) is 42.1 Å². The van der Waals surface area contributed by atoms with Gasteiger partial charge in [-0.15, -0.1) is 0 Å². The average Bonchev–Trinajstić information content (AvgIpc) is 2.75. The summed E-state index contributed by atoms with van der Waals surface area (Å²) >= 11 is 0. The Morgan fingerprint density at radius 2 is 0.522 bits per heavy atom. The highest BCUT2D eigenvalue weighted by atomic mass is 15.5. The van der Waals surface area contributed by atoms with Crippen LogP contribution in [0.1, 0.15) is 0 Å². The molecular formula is C33H89N13. The van der Waals surface area contributed by atoms with Crippen LogP contribution < -0.4 is 0 Å². The fourth-order valence-electron chi connectivity index (χ4n) is 4.65. The Hall–Kier alpha value is -0.520. The van der Waals surface area contributed by atoms with Gasteiger partial charge in [0, 0.05) is 25.8 Å². The van der Waals surface area contributed by atoms with E-state index in [1.807, 2.05) is 26.0 Å². The third-order valence-corrected chi connectivity index (χ3v) is 5.36. The highest BCUT2D eigenvalue weighted by molar-refractivity contribution is 4.71. The Labute approximate surface area is 291 Å². The van der Waals surface area contributed by atoms with Crippen LogP contribution in [0.5, 0.6) is 0 Å². The van der Waals surface area contributed by atoms with Crippen molar-refractivity contribution in [3.63, 3.8) is 0 Å². The smallest absolute Gasteiger partial charge is 0.118 e. The van der Waals surface area contributed by atoms with Crippen LogP contribution in [0.3, 0.4) is 0 Å². The van der Waals surface area contributed by atoms with Crippen molar-refractivity contribution in [3.05, 3.63) is 0 Å². The average molecular weight is 668 g/mol. The van der Waals surface area contributed by atoms with Crippen molar-refractivity contribution in [1.82, 2.24) is 63.7 Å². The summed E-state index contributed by atoms with van der Waals surface area (Å²) < 4.78 is 0. The summed E-state index contributed by atoms with van der Waals surface area (Å²) in [5, 5.41) is 0. The van der Waals surface area contributed by atoms with Gasteiger partial charge in [0.15, 0.2) is 0 Å². The molecule has 0 unspecified atom stereocenters. The highest BCUT2D eigenvalue weighted by Gasteiger charge is 2.15. The van der Waals surface area contributed by atoms with Crippen LogP contribution in [-0.2, 0) is 0 Å². The Kier molecular flexibility index (Phi) is 39.4. The molecule has 0 aromatic heterocycles. The summed E-state index contributed by atoms with van der Waals surface area (Å²) in [5.74, 6) is 0. The third-order valence-electron chi connectivity index (χ3n) is 5.36. The Morgan fingerprint density at radius 1 is 0.283 bits per heavy atom. The fourth-order valence-corrected chi connectivity index (χ4v) is 4.65. The molecular weight excluding hydrogens is 578 g/mol. The van der Waals surface area contributed by atoms with Crippen molar-refractivity contribution >= 4 is 0 Å². The van der Waals surface area contributed by atoms with E-state index >= 15 is 0 Å². The van der Waals surface area contributed by atoms with Crippen LogP contribution in [0.15, 0.2) is 0 Å². The highest BCUT2D eigenvalue weighted by Crippen LogP contribution is 1.99. The van der Waals surface area contributed by atoms with Crippen LogP contribution in [0.4, 0.5) is 0 Å². The number of hydrogen-bond donors (Lipinski definition) is 0. The maximum Gasteiger partial charge on any atom is 0.118 e. The summed E-state index contributed by atoms with van der Waals surface area (Å²) in [6.07, 6.45) is 0.389. The van der Waals surface area contributed by atoms with Crippen molar-refractivity contribution < 1.29 is 0 Å². The zero-order chi connectivity index (χ0) is 37.9. The van der Waals surface area contributed by atoms with Gasteiger partial charge in [-0.1, -0.05) is 0 Å². The van der Waals surface area contributed by atoms with Crippen molar-refractivity contribution in [2.45, 2.75) is 12.3 Å². The number of hydrogen-bond acceptors (Lipinski definition) is 13. The molecule has 13 heteroatoms. The number of likely N-dealkylation sites (N-methyl/N-ethyl adjacent to an activating group) is 3. The molecule has 13 nitrogen and oxygen atoms in total. The second-order valence-corrected chi connectivity index (χ2v) is 15.3. The molecule has 0 heterocycles. The van der Waals surface area contributed by atoms with Gasteiger partial charge in [0.2, 0.25) is 0 Å². The lowest BCUT2D eigenvalue weighted by molar-refractivity contribution is 0.00961. The normalized spacial score (nSPS) is 12.0. The van der Waals surface area contributed by atoms with Crippen molar-refractivity contribution in [2.24, 2.45) is 0 Å². The third kappa shape index (κ3) is 50.3. The predicted molar refractivity (Wildman–Crippen MR) is 209 cm³/mol. The van der Waals surface area contributed by atoms with E-state index in [0.29, 0.717) is 12.3 Å². The van der Waals surface area contributed by atoms with Gasteiger partial charge < -0.3 is 19.6 Å². The molecule has 0 aliphatic rings. The predicted octanol–water partition coefficient (Wildman–Crippen LogP) is 0.0852. The van der Waals surface area contributed by atoms with E-state index in [0.717, 1.165) is 39.8 Å². The van der Waals surface area contributed by atoms with Crippen LogP contribution in [-0.4, -0.2) is 292 Å².